The van der Waals surface area contributed by atoms with Crippen LogP contribution in [0.3, 0.4) is 0 Å². The summed E-state index contributed by atoms with van der Waals surface area (Å²) in [5, 5.41) is 0. The molecule has 0 saturated heterocycles. The number of methoxy groups -OCH3 is 3. The number of esters is 3. The summed E-state index contributed by atoms with van der Waals surface area (Å²) in [6.07, 6.45) is 3.29. The van der Waals surface area contributed by atoms with Gasteiger partial charge in [0.2, 0.25) is 0 Å². The highest BCUT2D eigenvalue weighted by atomic mass is 28.3. The second kappa shape index (κ2) is 36.3. The van der Waals surface area contributed by atoms with E-state index in [-0.39, 0.29) is 56.3 Å². The summed E-state index contributed by atoms with van der Waals surface area (Å²) in [6.45, 7) is 11.8. The van der Waals surface area contributed by atoms with Gasteiger partial charge in [0.05, 0.1) is 116 Å². The van der Waals surface area contributed by atoms with Crippen LogP contribution in [-0.2, 0) is 56.8 Å². The number of carbonyl (C=O) groups is 3. The Hall–Kier alpha value is -6.68. The first-order chi connectivity index (χ1) is 36.5. The molecule has 0 atom stereocenters. The monoisotopic (exact) mass is 1050 g/mol. The quantitative estimate of drug-likeness (QED) is 0.0195. The van der Waals surface area contributed by atoms with Crippen LogP contribution in [0.5, 0.6) is 0 Å². The first kappa shape index (κ1) is 60.9. The van der Waals surface area contributed by atoms with Crippen molar-refractivity contribution in [1.29, 1.82) is 0 Å². The van der Waals surface area contributed by atoms with Crippen molar-refractivity contribution in [2.45, 2.75) is 19.6 Å². The Morgan fingerprint density at radius 2 is 0.667 bits per heavy atom. The Morgan fingerprint density at radius 3 is 0.947 bits per heavy atom. The highest BCUT2D eigenvalue weighted by Crippen LogP contribution is 2.16. The molecule has 75 heavy (non-hydrogen) atoms. The molecule has 0 N–H and O–H groups in total. The zero-order valence-electron chi connectivity index (χ0n) is 43.8. The van der Waals surface area contributed by atoms with E-state index < -0.39 is 26.0 Å². The van der Waals surface area contributed by atoms with Crippen LogP contribution in [-0.4, -0.2) is 171 Å². The number of aromatic nitrogens is 1. The maximum Gasteiger partial charge on any atom is 0.338 e. The molecule has 0 fully saturated rings. The smallest absolute Gasteiger partial charge is 0.338 e. The van der Waals surface area contributed by atoms with Gasteiger partial charge in [-0.2, -0.15) is 0 Å². The van der Waals surface area contributed by atoms with Gasteiger partial charge in [0.1, 0.15) is 27.9 Å². The van der Waals surface area contributed by atoms with E-state index in [1.165, 1.54) is 0 Å². The minimum atomic E-state index is -1.81. The van der Waals surface area contributed by atoms with Gasteiger partial charge in [-0.1, -0.05) is 61.1 Å². The number of rotatable bonds is 30. The lowest BCUT2D eigenvalue weighted by atomic mass is 10.0. The van der Waals surface area contributed by atoms with Gasteiger partial charge < -0.3 is 56.8 Å². The average molecular weight is 1050 g/mol. The lowest BCUT2D eigenvalue weighted by molar-refractivity contribution is 0.00552. The third kappa shape index (κ3) is 26.9. The third-order valence-corrected chi connectivity index (χ3v) is 10.5. The van der Waals surface area contributed by atoms with Crippen LogP contribution in [0.1, 0.15) is 70.0 Å². The van der Waals surface area contributed by atoms with Crippen molar-refractivity contribution in [3.8, 4) is 47.0 Å². The molecular weight excluding hydrogens is 979 g/mol. The number of nitrogens with zero attached hydrogens (tertiary/aromatic N) is 1. The predicted molar refractivity (Wildman–Crippen MR) is 283 cm³/mol. The number of hydrogen-bond acceptors (Lipinski definition) is 16. The zero-order chi connectivity index (χ0) is 53.8. The second-order valence-corrected chi connectivity index (χ2v) is 21.7. The van der Waals surface area contributed by atoms with Crippen molar-refractivity contribution in [2.75, 3.05) is 140 Å². The highest BCUT2D eigenvalue weighted by molar-refractivity contribution is 6.83. The van der Waals surface area contributed by atoms with Gasteiger partial charge in [-0.05, 0) is 66.7 Å². The Balaban J connectivity index is 1.65. The molecule has 398 valence electrons. The summed E-state index contributed by atoms with van der Waals surface area (Å²) in [6, 6.07) is 18.6. The topological polar surface area (TPSA) is 175 Å². The molecule has 0 bridgehead atoms. The van der Waals surface area contributed by atoms with Crippen molar-refractivity contribution < 1.29 is 71.2 Å². The number of benzene rings is 3. The molecule has 0 aliphatic heterocycles. The fraction of sp³-hybridized carbons (Fsp3) is 0.414. The molecule has 4 aromatic rings. The van der Waals surface area contributed by atoms with E-state index in [1.807, 2.05) is 6.07 Å². The van der Waals surface area contributed by atoms with Crippen LogP contribution in [0.25, 0.3) is 0 Å². The Bertz CT molecular complexity index is 2660. The maximum absolute atomic E-state index is 13.6. The minimum absolute atomic E-state index is 0.00964. The van der Waals surface area contributed by atoms with E-state index in [4.69, 9.17) is 56.8 Å². The van der Waals surface area contributed by atoms with Gasteiger partial charge in [-0.3, -0.25) is 4.98 Å². The zero-order valence-corrected chi connectivity index (χ0v) is 44.8. The Morgan fingerprint density at radius 1 is 0.387 bits per heavy atom. The van der Waals surface area contributed by atoms with Crippen LogP contribution in [0.4, 0.5) is 0 Å². The van der Waals surface area contributed by atoms with E-state index in [2.05, 4.69) is 71.6 Å². The fourth-order valence-electron chi connectivity index (χ4n) is 6.02. The van der Waals surface area contributed by atoms with Crippen LogP contribution in [0, 0.1) is 47.0 Å². The summed E-state index contributed by atoms with van der Waals surface area (Å²) in [7, 11) is 2.99. The van der Waals surface area contributed by atoms with E-state index in [0.717, 1.165) is 0 Å². The number of ether oxygens (including phenoxy) is 12. The van der Waals surface area contributed by atoms with Crippen molar-refractivity contribution in [2.24, 2.45) is 0 Å². The standard InChI is InChI=1S/C58H67NO15Si/c1-63-17-20-66-23-26-69-29-32-72-56(60)53-39-47(10-9-46-8-7-16-59-45-46)36-48(40-53)11-12-49-37-50(42-54(41-49)57(61)73-33-30-70-27-24-67-21-18-64-2)13-14-51-38-52(15-35-75(4,5)6)44-55(43-51)58(62)74-34-31-71-28-25-68-22-19-65-3/h7-8,16,36-45H,17-34H2,1-6H3. The number of pyridine rings is 1. The van der Waals surface area contributed by atoms with E-state index >= 15 is 0 Å². The molecule has 0 amide bonds. The van der Waals surface area contributed by atoms with E-state index in [9.17, 15) is 14.4 Å². The SMILES string of the molecule is COCCOCCOCCOC(=O)c1cc(C#Cc2cccnc2)cc(C#Cc2cc(C#Cc3cc(C#C[Si](C)(C)C)cc(C(=O)OCCOCCOCCOC)c3)cc(C(=O)OCCOCCOCCOC)c2)c1. The van der Waals surface area contributed by atoms with Gasteiger partial charge in [0.25, 0.3) is 0 Å². The summed E-state index contributed by atoms with van der Waals surface area (Å²) < 4.78 is 64.5. The Labute approximate surface area is 442 Å². The van der Waals surface area contributed by atoms with Crippen LogP contribution < -0.4 is 0 Å². The van der Waals surface area contributed by atoms with Crippen molar-refractivity contribution >= 4 is 26.0 Å². The number of hydrogen-bond donors (Lipinski definition) is 0. The van der Waals surface area contributed by atoms with Gasteiger partial charge in [-0.15, -0.1) is 5.54 Å². The van der Waals surface area contributed by atoms with E-state index in [1.54, 1.807) is 94.4 Å². The Kier molecular flexibility index (Phi) is 29.5. The molecule has 4 rings (SSSR count). The summed E-state index contributed by atoms with van der Waals surface area (Å²) in [5.41, 5.74) is 7.56. The van der Waals surface area contributed by atoms with Crippen LogP contribution in [0.2, 0.25) is 19.6 Å². The first-order valence-corrected chi connectivity index (χ1v) is 27.9. The van der Waals surface area contributed by atoms with Gasteiger partial charge in [-0.25, -0.2) is 14.4 Å². The highest BCUT2D eigenvalue weighted by Gasteiger charge is 2.14. The molecule has 0 unspecified atom stereocenters. The largest absolute Gasteiger partial charge is 0.460 e. The van der Waals surface area contributed by atoms with E-state index in [0.29, 0.717) is 118 Å². The second-order valence-electron chi connectivity index (χ2n) is 16.9. The van der Waals surface area contributed by atoms with Crippen molar-refractivity contribution in [3.63, 3.8) is 0 Å². The lowest BCUT2D eigenvalue weighted by Crippen LogP contribution is -2.16. The summed E-state index contributed by atoms with van der Waals surface area (Å²) in [5.74, 6) is 20.2. The molecule has 16 nitrogen and oxygen atoms in total. The average Bonchev–Trinajstić information content (AvgIpc) is 3.41. The first-order valence-electron chi connectivity index (χ1n) is 24.4. The molecule has 1 heterocycles. The molecule has 3 aromatic carbocycles. The molecule has 0 saturated carbocycles. The van der Waals surface area contributed by atoms with Crippen molar-refractivity contribution in [1.82, 2.24) is 4.98 Å². The third-order valence-electron chi connectivity index (χ3n) is 9.60. The minimum Gasteiger partial charge on any atom is -0.460 e. The summed E-state index contributed by atoms with van der Waals surface area (Å²) in [4.78, 5) is 44.4. The maximum atomic E-state index is 13.6. The lowest BCUT2D eigenvalue weighted by Gasteiger charge is -2.08. The van der Waals surface area contributed by atoms with Gasteiger partial charge >= 0.3 is 17.9 Å². The molecule has 17 heteroatoms. The number of carbonyl (C=O) groups excluding carboxylic acids is 3. The van der Waals surface area contributed by atoms with Crippen molar-refractivity contribution in [3.05, 3.63) is 135 Å². The van der Waals surface area contributed by atoms with Crippen LogP contribution in [0.15, 0.2) is 79.1 Å². The molecule has 1 aromatic heterocycles. The normalized spacial score (nSPS) is 10.6. The molecule has 0 aliphatic carbocycles. The van der Waals surface area contributed by atoms with Gasteiger partial charge in [0.15, 0.2) is 0 Å². The predicted octanol–water partition coefficient (Wildman–Crippen LogP) is 6.02. The van der Waals surface area contributed by atoms with Crippen LogP contribution >= 0.6 is 0 Å². The molecular formula is C58H67NO15Si. The molecule has 0 aliphatic rings. The van der Waals surface area contributed by atoms with Gasteiger partial charge in [0, 0.05) is 72.7 Å². The fourth-order valence-corrected chi connectivity index (χ4v) is 6.54. The summed E-state index contributed by atoms with van der Waals surface area (Å²) >= 11 is 0. The molecule has 0 spiro atoms. The molecule has 0 radical (unpaired) electrons.